The van der Waals surface area contributed by atoms with E-state index in [1.54, 1.807) is 12.3 Å². The molecule has 6 nitrogen and oxygen atoms in total. The topological polar surface area (TPSA) is 82.3 Å². The van der Waals surface area contributed by atoms with Crippen LogP contribution in [0.5, 0.6) is 0 Å². The highest BCUT2D eigenvalue weighted by Crippen LogP contribution is 2.04. The van der Waals surface area contributed by atoms with Crippen LogP contribution in [0.15, 0.2) is 18.6 Å². The number of nitrogens with one attached hydrogen (secondary N) is 3. The van der Waals surface area contributed by atoms with Gasteiger partial charge in [-0.3, -0.25) is 5.10 Å². The summed E-state index contributed by atoms with van der Waals surface area (Å²) in [6, 6.07) is 1.79. The third-order valence-electron chi connectivity index (χ3n) is 1.17. The molecular formula is C5H6N6. The van der Waals surface area contributed by atoms with Crippen LogP contribution in [0.2, 0.25) is 0 Å². The summed E-state index contributed by atoms with van der Waals surface area (Å²) in [6.45, 7) is 0. The molecule has 0 spiro atoms. The van der Waals surface area contributed by atoms with Crippen molar-refractivity contribution in [2.45, 2.75) is 0 Å². The molecule has 0 saturated carbocycles. The van der Waals surface area contributed by atoms with Crippen molar-refractivity contribution in [3.05, 3.63) is 18.6 Å². The van der Waals surface area contributed by atoms with Crippen molar-refractivity contribution in [2.75, 3.05) is 5.32 Å². The maximum Gasteiger partial charge on any atom is 0.224 e. The Hall–Kier alpha value is -1.85. The highest BCUT2D eigenvalue weighted by Gasteiger charge is 1.94. The molecule has 0 bridgehead atoms. The van der Waals surface area contributed by atoms with Gasteiger partial charge in [-0.2, -0.15) is 15.2 Å². The van der Waals surface area contributed by atoms with Crippen LogP contribution < -0.4 is 5.32 Å². The third-order valence-corrected chi connectivity index (χ3v) is 1.17. The zero-order valence-electron chi connectivity index (χ0n) is 5.57. The SMILES string of the molecule is c1cc(Nc2ncn[nH]2)[nH]n1. The van der Waals surface area contributed by atoms with E-state index in [0.717, 1.165) is 5.82 Å². The van der Waals surface area contributed by atoms with E-state index in [4.69, 9.17) is 0 Å². The Morgan fingerprint density at radius 3 is 2.91 bits per heavy atom. The molecule has 0 fully saturated rings. The number of nitrogens with zero attached hydrogens (tertiary/aromatic N) is 3. The Morgan fingerprint density at radius 2 is 2.27 bits per heavy atom. The minimum atomic E-state index is 0.592. The number of hydrogen-bond acceptors (Lipinski definition) is 4. The summed E-state index contributed by atoms with van der Waals surface area (Å²) in [6.07, 6.45) is 3.08. The van der Waals surface area contributed by atoms with Gasteiger partial charge in [-0.25, -0.2) is 5.10 Å². The standard InChI is InChI=1S/C5H6N6/c1-2-7-10-4(1)9-5-6-3-8-11-5/h1-3H,(H3,6,7,8,9,10,11). The van der Waals surface area contributed by atoms with Gasteiger partial charge >= 0.3 is 0 Å². The average molecular weight is 150 g/mol. The van der Waals surface area contributed by atoms with E-state index < -0.39 is 0 Å². The number of hydrogen-bond donors (Lipinski definition) is 3. The minimum Gasteiger partial charge on any atom is -0.310 e. The first-order chi connectivity index (χ1) is 5.45. The van der Waals surface area contributed by atoms with Crippen LogP contribution in [0.3, 0.4) is 0 Å². The smallest absolute Gasteiger partial charge is 0.224 e. The lowest BCUT2D eigenvalue weighted by molar-refractivity contribution is 1.07. The molecule has 0 unspecified atom stereocenters. The molecule has 0 atom stereocenters. The molecule has 6 heteroatoms. The van der Waals surface area contributed by atoms with E-state index in [9.17, 15) is 0 Å². The second-order valence-electron chi connectivity index (χ2n) is 1.93. The van der Waals surface area contributed by atoms with Crippen LogP contribution in [-0.4, -0.2) is 25.4 Å². The lowest BCUT2D eigenvalue weighted by Crippen LogP contribution is -1.92. The monoisotopic (exact) mass is 150 g/mol. The molecule has 0 aliphatic heterocycles. The lowest BCUT2D eigenvalue weighted by Gasteiger charge is -1.94. The molecular weight excluding hydrogens is 144 g/mol. The fourth-order valence-corrected chi connectivity index (χ4v) is 0.719. The van der Waals surface area contributed by atoms with Crippen LogP contribution in [-0.2, 0) is 0 Å². The number of H-pyrrole nitrogens is 2. The van der Waals surface area contributed by atoms with Crippen molar-refractivity contribution in [1.82, 2.24) is 25.4 Å². The third kappa shape index (κ3) is 1.18. The second-order valence-corrected chi connectivity index (χ2v) is 1.93. The number of anilines is 2. The number of rotatable bonds is 2. The molecule has 2 rings (SSSR count). The normalized spacial score (nSPS) is 9.82. The van der Waals surface area contributed by atoms with Gasteiger partial charge in [0.1, 0.15) is 12.1 Å². The molecule has 0 aliphatic carbocycles. The van der Waals surface area contributed by atoms with Crippen LogP contribution in [0.25, 0.3) is 0 Å². The molecule has 2 aromatic rings. The lowest BCUT2D eigenvalue weighted by atomic mass is 10.6. The van der Waals surface area contributed by atoms with Crippen molar-refractivity contribution in [1.29, 1.82) is 0 Å². The van der Waals surface area contributed by atoms with E-state index in [1.807, 2.05) is 0 Å². The first-order valence-corrected chi connectivity index (χ1v) is 3.07. The van der Waals surface area contributed by atoms with Gasteiger partial charge in [0.05, 0.1) is 6.20 Å². The number of aromatic amines is 2. The van der Waals surface area contributed by atoms with Gasteiger partial charge in [-0.05, 0) is 0 Å². The first-order valence-electron chi connectivity index (χ1n) is 3.07. The molecule has 56 valence electrons. The van der Waals surface area contributed by atoms with Crippen LogP contribution in [0.1, 0.15) is 0 Å². The van der Waals surface area contributed by atoms with Gasteiger partial charge in [-0.15, -0.1) is 0 Å². The summed E-state index contributed by atoms with van der Waals surface area (Å²) in [7, 11) is 0. The van der Waals surface area contributed by atoms with Crippen LogP contribution in [0, 0.1) is 0 Å². The van der Waals surface area contributed by atoms with Crippen LogP contribution in [0.4, 0.5) is 11.8 Å². The molecule has 3 N–H and O–H groups in total. The molecule has 0 amide bonds. The Kier molecular flexibility index (Phi) is 1.29. The maximum atomic E-state index is 3.87. The Labute approximate surface area is 62.1 Å². The van der Waals surface area contributed by atoms with Gasteiger partial charge in [0.15, 0.2) is 0 Å². The fraction of sp³-hybridized carbons (Fsp3) is 0. The summed E-state index contributed by atoms with van der Waals surface area (Å²) in [5.41, 5.74) is 0. The molecule has 11 heavy (non-hydrogen) atoms. The number of aromatic nitrogens is 5. The van der Waals surface area contributed by atoms with Crippen molar-refractivity contribution in [3.8, 4) is 0 Å². The van der Waals surface area contributed by atoms with Gasteiger partial charge in [-0.1, -0.05) is 0 Å². The summed E-state index contributed by atoms with van der Waals surface area (Å²) < 4.78 is 0. The zero-order valence-corrected chi connectivity index (χ0v) is 5.57. The van der Waals surface area contributed by atoms with Gasteiger partial charge < -0.3 is 5.32 Å². The highest BCUT2D eigenvalue weighted by atomic mass is 15.3. The molecule has 0 saturated heterocycles. The van der Waals surface area contributed by atoms with Crippen molar-refractivity contribution >= 4 is 11.8 Å². The van der Waals surface area contributed by atoms with E-state index >= 15 is 0 Å². The molecule has 0 aliphatic rings. The summed E-state index contributed by atoms with van der Waals surface area (Å²) in [5, 5.41) is 15.7. The Morgan fingerprint density at radius 1 is 1.27 bits per heavy atom. The fourth-order valence-electron chi connectivity index (χ4n) is 0.719. The second kappa shape index (κ2) is 2.41. The van der Waals surface area contributed by atoms with E-state index in [-0.39, 0.29) is 0 Å². The first kappa shape index (κ1) is 5.90. The van der Waals surface area contributed by atoms with E-state index in [1.165, 1.54) is 6.33 Å². The largest absolute Gasteiger partial charge is 0.310 e. The molecule has 0 aromatic carbocycles. The quantitative estimate of drug-likeness (QED) is 0.574. The maximum absolute atomic E-state index is 3.87. The summed E-state index contributed by atoms with van der Waals surface area (Å²) >= 11 is 0. The van der Waals surface area contributed by atoms with E-state index in [0.29, 0.717) is 5.95 Å². The van der Waals surface area contributed by atoms with Gasteiger partial charge in [0.25, 0.3) is 0 Å². The zero-order chi connectivity index (χ0) is 7.52. The molecule has 2 aromatic heterocycles. The van der Waals surface area contributed by atoms with Gasteiger partial charge in [0, 0.05) is 6.07 Å². The Bertz CT molecular complexity index is 263. The average Bonchev–Trinajstić information content (AvgIpc) is 2.60. The molecule has 2 heterocycles. The summed E-state index contributed by atoms with van der Waals surface area (Å²) in [4.78, 5) is 3.87. The van der Waals surface area contributed by atoms with Gasteiger partial charge in [0.2, 0.25) is 5.95 Å². The van der Waals surface area contributed by atoms with Crippen molar-refractivity contribution in [2.24, 2.45) is 0 Å². The van der Waals surface area contributed by atoms with E-state index in [2.05, 4.69) is 30.7 Å². The predicted molar refractivity (Wildman–Crippen MR) is 38.3 cm³/mol. The highest BCUT2D eigenvalue weighted by molar-refractivity contribution is 5.45. The van der Waals surface area contributed by atoms with Crippen molar-refractivity contribution < 1.29 is 0 Å². The molecule has 0 radical (unpaired) electrons. The summed E-state index contributed by atoms with van der Waals surface area (Å²) in [5.74, 6) is 1.37. The predicted octanol–water partition coefficient (Wildman–Crippen LogP) is 0.271. The van der Waals surface area contributed by atoms with Crippen LogP contribution >= 0.6 is 0 Å². The Balaban J connectivity index is 2.14. The van der Waals surface area contributed by atoms with Crippen molar-refractivity contribution in [3.63, 3.8) is 0 Å². The minimum absolute atomic E-state index is 0.592.